The van der Waals surface area contributed by atoms with Crippen LogP contribution in [0.25, 0.3) is 0 Å². The van der Waals surface area contributed by atoms with Crippen molar-refractivity contribution in [3.8, 4) is 5.88 Å². The van der Waals surface area contributed by atoms with Crippen molar-refractivity contribution >= 4 is 11.6 Å². The number of pyridine rings is 1. The summed E-state index contributed by atoms with van der Waals surface area (Å²) in [6, 6.07) is 5.80. The van der Waals surface area contributed by atoms with Gasteiger partial charge >= 0.3 is 0 Å². The van der Waals surface area contributed by atoms with E-state index in [0.29, 0.717) is 11.8 Å². The number of rotatable bonds is 5. The maximum absolute atomic E-state index is 5.98. The molecule has 4 heteroatoms. The highest BCUT2D eigenvalue weighted by molar-refractivity contribution is 6.18. The third-order valence-corrected chi connectivity index (χ3v) is 3.71. The van der Waals surface area contributed by atoms with Crippen LogP contribution in [0.1, 0.15) is 25.0 Å². The van der Waals surface area contributed by atoms with E-state index in [2.05, 4.69) is 10.3 Å². The molecular formula is C12H17ClN2O. The molecule has 1 aliphatic rings. The van der Waals surface area contributed by atoms with Gasteiger partial charge in [0.25, 0.3) is 0 Å². The van der Waals surface area contributed by atoms with Crippen LogP contribution in [0.2, 0.25) is 0 Å². The lowest BCUT2D eigenvalue weighted by Crippen LogP contribution is -2.52. The molecule has 0 saturated heterocycles. The third kappa shape index (κ3) is 2.47. The smallest absolute Gasteiger partial charge is 0.213 e. The zero-order valence-electron chi connectivity index (χ0n) is 9.50. The Hall–Kier alpha value is -0.800. The molecule has 0 bridgehead atoms. The van der Waals surface area contributed by atoms with Gasteiger partial charge in [0.05, 0.1) is 12.8 Å². The number of halogens is 1. The Kier molecular flexibility index (Phi) is 3.66. The molecule has 0 amide bonds. The van der Waals surface area contributed by atoms with Crippen LogP contribution in [0, 0.1) is 0 Å². The van der Waals surface area contributed by atoms with Gasteiger partial charge in [-0.2, -0.15) is 0 Å². The van der Waals surface area contributed by atoms with Gasteiger partial charge in [0.1, 0.15) is 0 Å². The Bertz CT molecular complexity index is 347. The summed E-state index contributed by atoms with van der Waals surface area (Å²) in [5, 5.41) is 3.50. The van der Waals surface area contributed by atoms with Crippen LogP contribution in [-0.2, 0) is 6.54 Å². The van der Waals surface area contributed by atoms with Gasteiger partial charge in [0.15, 0.2) is 0 Å². The summed E-state index contributed by atoms with van der Waals surface area (Å²) < 4.78 is 5.09. The van der Waals surface area contributed by atoms with Gasteiger partial charge in [-0.15, -0.1) is 11.6 Å². The molecule has 1 aliphatic carbocycles. The summed E-state index contributed by atoms with van der Waals surface area (Å²) in [6.45, 7) is 0.754. The number of nitrogens with one attached hydrogen (secondary N) is 1. The minimum atomic E-state index is 0.145. The minimum Gasteiger partial charge on any atom is -0.481 e. The topological polar surface area (TPSA) is 34.1 Å². The van der Waals surface area contributed by atoms with E-state index in [1.165, 1.54) is 19.3 Å². The van der Waals surface area contributed by atoms with E-state index >= 15 is 0 Å². The van der Waals surface area contributed by atoms with Crippen molar-refractivity contribution in [3.05, 3.63) is 23.9 Å². The number of hydrogen-bond acceptors (Lipinski definition) is 3. The van der Waals surface area contributed by atoms with Crippen molar-refractivity contribution in [1.29, 1.82) is 0 Å². The molecule has 16 heavy (non-hydrogen) atoms. The van der Waals surface area contributed by atoms with Gasteiger partial charge in [-0.05, 0) is 25.3 Å². The van der Waals surface area contributed by atoms with Gasteiger partial charge in [-0.3, -0.25) is 0 Å². The van der Waals surface area contributed by atoms with Crippen LogP contribution in [0.4, 0.5) is 0 Å². The lowest BCUT2D eigenvalue weighted by molar-refractivity contribution is 0.210. The summed E-state index contributed by atoms with van der Waals surface area (Å²) in [5.74, 6) is 1.34. The number of methoxy groups -OCH3 is 1. The summed E-state index contributed by atoms with van der Waals surface area (Å²) in [4.78, 5) is 4.36. The quantitative estimate of drug-likeness (QED) is 0.803. The molecule has 0 spiro atoms. The first-order valence-electron chi connectivity index (χ1n) is 5.59. The molecule has 1 N–H and O–H groups in total. The molecule has 1 fully saturated rings. The van der Waals surface area contributed by atoms with Crippen LogP contribution < -0.4 is 10.1 Å². The Balaban J connectivity index is 1.93. The molecule has 3 nitrogen and oxygen atoms in total. The summed E-state index contributed by atoms with van der Waals surface area (Å²) in [5.41, 5.74) is 1.14. The number of hydrogen-bond donors (Lipinski definition) is 1. The predicted octanol–water partition coefficient (Wildman–Crippen LogP) is 2.34. The number of nitrogens with zero attached hydrogens (tertiary/aromatic N) is 1. The van der Waals surface area contributed by atoms with Gasteiger partial charge < -0.3 is 10.1 Å². The molecule has 1 aromatic heterocycles. The fourth-order valence-electron chi connectivity index (χ4n) is 1.91. The van der Waals surface area contributed by atoms with Crippen molar-refractivity contribution in [3.63, 3.8) is 0 Å². The fraction of sp³-hybridized carbons (Fsp3) is 0.583. The molecule has 0 unspecified atom stereocenters. The highest BCUT2D eigenvalue weighted by atomic mass is 35.5. The largest absolute Gasteiger partial charge is 0.481 e. The fourth-order valence-corrected chi connectivity index (χ4v) is 2.27. The zero-order chi connectivity index (χ0) is 11.4. The summed E-state index contributed by atoms with van der Waals surface area (Å²) in [7, 11) is 1.63. The Morgan fingerprint density at radius 3 is 2.88 bits per heavy atom. The van der Waals surface area contributed by atoms with Gasteiger partial charge in [-0.1, -0.05) is 6.07 Å². The second-order valence-corrected chi connectivity index (χ2v) is 4.56. The maximum atomic E-state index is 5.98. The highest BCUT2D eigenvalue weighted by Gasteiger charge is 2.35. The molecule has 1 saturated carbocycles. The summed E-state index contributed by atoms with van der Waals surface area (Å²) in [6.07, 6.45) is 3.60. The van der Waals surface area contributed by atoms with E-state index in [0.717, 1.165) is 12.2 Å². The van der Waals surface area contributed by atoms with E-state index in [1.807, 2.05) is 18.2 Å². The monoisotopic (exact) mass is 240 g/mol. The second kappa shape index (κ2) is 5.02. The van der Waals surface area contributed by atoms with Crippen molar-refractivity contribution in [2.24, 2.45) is 0 Å². The molecule has 88 valence electrons. The predicted molar refractivity (Wildman–Crippen MR) is 64.9 cm³/mol. The van der Waals surface area contributed by atoms with E-state index in [-0.39, 0.29) is 5.54 Å². The number of alkyl halides is 1. The van der Waals surface area contributed by atoms with Crippen LogP contribution in [-0.4, -0.2) is 23.5 Å². The standard InChI is InChI=1S/C12H17ClN2O/c1-16-11-5-2-4-10(15-11)8-14-12(9-13)6-3-7-12/h2,4-5,14H,3,6-9H2,1H3. The Labute approximate surface area is 101 Å². The van der Waals surface area contributed by atoms with E-state index < -0.39 is 0 Å². The van der Waals surface area contributed by atoms with Gasteiger partial charge in [0.2, 0.25) is 5.88 Å². The number of aromatic nitrogens is 1. The molecular weight excluding hydrogens is 224 g/mol. The SMILES string of the molecule is COc1cccc(CNC2(CCl)CCC2)n1. The molecule has 1 heterocycles. The highest BCUT2D eigenvalue weighted by Crippen LogP contribution is 2.33. The third-order valence-electron chi connectivity index (χ3n) is 3.20. The van der Waals surface area contributed by atoms with Gasteiger partial charge in [-0.25, -0.2) is 4.98 Å². The van der Waals surface area contributed by atoms with Crippen molar-refractivity contribution < 1.29 is 4.74 Å². The lowest BCUT2D eigenvalue weighted by atomic mass is 9.78. The van der Waals surface area contributed by atoms with Crippen LogP contribution in [0.15, 0.2) is 18.2 Å². The van der Waals surface area contributed by atoms with Crippen molar-refractivity contribution in [1.82, 2.24) is 10.3 Å². The maximum Gasteiger partial charge on any atom is 0.213 e. The minimum absolute atomic E-state index is 0.145. The molecule has 0 radical (unpaired) electrons. The lowest BCUT2D eigenvalue weighted by Gasteiger charge is -2.41. The first kappa shape index (κ1) is 11.7. The Morgan fingerprint density at radius 1 is 1.50 bits per heavy atom. The average molecular weight is 241 g/mol. The van der Waals surface area contributed by atoms with Crippen molar-refractivity contribution in [2.45, 2.75) is 31.3 Å². The van der Waals surface area contributed by atoms with Crippen LogP contribution in [0.5, 0.6) is 5.88 Å². The molecule has 0 atom stereocenters. The van der Waals surface area contributed by atoms with Crippen LogP contribution in [0.3, 0.4) is 0 Å². The molecule has 1 aromatic rings. The second-order valence-electron chi connectivity index (χ2n) is 4.29. The Morgan fingerprint density at radius 2 is 2.31 bits per heavy atom. The van der Waals surface area contributed by atoms with E-state index in [4.69, 9.17) is 16.3 Å². The van der Waals surface area contributed by atoms with Gasteiger partial charge in [0, 0.05) is 24.0 Å². The molecule has 0 aliphatic heterocycles. The first-order chi connectivity index (χ1) is 7.78. The van der Waals surface area contributed by atoms with E-state index in [9.17, 15) is 0 Å². The summed E-state index contributed by atoms with van der Waals surface area (Å²) >= 11 is 5.98. The van der Waals surface area contributed by atoms with Crippen molar-refractivity contribution in [2.75, 3.05) is 13.0 Å². The van der Waals surface area contributed by atoms with E-state index in [1.54, 1.807) is 7.11 Å². The molecule has 0 aromatic carbocycles. The number of ether oxygens (including phenoxy) is 1. The average Bonchev–Trinajstić information content (AvgIpc) is 2.29. The molecule has 2 rings (SSSR count). The first-order valence-corrected chi connectivity index (χ1v) is 6.12. The van der Waals surface area contributed by atoms with Crippen LogP contribution >= 0.6 is 11.6 Å². The zero-order valence-corrected chi connectivity index (χ0v) is 10.3. The normalized spacial score (nSPS) is 17.9.